The predicted octanol–water partition coefficient (Wildman–Crippen LogP) is 0.813. The number of hydrogen-bond acceptors (Lipinski definition) is 2. The van der Waals surface area contributed by atoms with Gasteiger partial charge in [-0.3, -0.25) is 0 Å². The Bertz CT molecular complexity index is 61.7. The summed E-state index contributed by atoms with van der Waals surface area (Å²) in [5.74, 6) is 0. The van der Waals surface area contributed by atoms with E-state index in [0.717, 1.165) is 0 Å². The van der Waals surface area contributed by atoms with Crippen LogP contribution < -0.4 is 0 Å². The van der Waals surface area contributed by atoms with Crippen LogP contribution in [0.3, 0.4) is 0 Å². The van der Waals surface area contributed by atoms with E-state index >= 15 is 0 Å². The Morgan fingerprint density at radius 1 is 1.00 bits per heavy atom. The molecule has 0 aliphatic rings. The van der Waals surface area contributed by atoms with Gasteiger partial charge in [-0.15, -0.1) is 13.2 Å². The Kier molecular flexibility index (Phi) is 34.7. The third-order valence-electron chi connectivity index (χ3n) is 0.569. The Hall–Kier alpha value is -0.640. The quantitative estimate of drug-likeness (QED) is 0.574. The fraction of sp³-hybridized carbons (Fsp3) is 0.500. The molecular formula is C8H18O3. The van der Waals surface area contributed by atoms with Crippen molar-refractivity contribution in [2.75, 3.05) is 27.4 Å². The van der Waals surface area contributed by atoms with Crippen LogP contribution in [0.25, 0.3) is 0 Å². The van der Waals surface area contributed by atoms with Crippen LogP contribution in [0.4, 0.5) is 0 Å². The lowest BCUT2D eigenvalue weighted by Gasteiger charge is -1.79. The third kappa shape index (κ3) is 44.9. The number of methoxy groups -OCH3 is 2. The highest BCUT2D eigenvalue weighted by Gasteiger charge is 1.58. The lowest BCUT2D eigenvalue weighted by Crippen LogP contribution is -1.76. The van der Waals surface area contributed by atoms with Gasteiger partial charge in [0.1, 0.15) is 0 Å². The fourth-order valence-corrected chi connectivity index (χ4v) is 0.236. The molecule has 0 unspecified atom stereocenters. The Balaban J connectivity index is -0.000000107. The molecule has 0 aromatic rings. The van der Waals surface area contributed by atoms with E-state index in [9.17, 15) is 0 Å². The van der Waals surface area contributed by atoms with Gasteiger partial charge in [-0.25, -0.2) is 0 Å². The summed E-state index contributed by atoms with van der Waals surface area (Å²) in [5.41, 5.74) is 0. The molecule has 0 saturated carbocycles. The van der Waals surface area contributed by atoms with Gasteiger partial charge in [-0.2, -0.15) is 0 Å². The Morgan fingerprint density at radius 3 is 1.27 bits per heavy atom. The molecule has 0 amide bonds. The number of hydrogen-bond donors (Lipinski definition) is 0. The first kappa shape index (κ1) is 16.8. The van der Waals surface area contributed by atoms with Crippen molar-refractivity contribution >= 4 is 0 Å². The summed E-state index contributed by atoms with van der Waals surface area (Å²) in [6.07, 6.45) is 3.42. The molecule has 0 radical (unpaired) electrons. The van der Waals surface area contributed by atoms with Crippen molar-refractivity contribution in [1.82, 2.24) is 0 Å². The maximum absolute atomic E-state index is 4.57. The van der Waals surface area contributed by atoms with E-state index in [1.54, 1.807) is 26.4 Å². The largest absolute Gasteiger partial charge is 0.412 e. The molecule has 0 aliphatic carbocycles. The summed E-state index contributed by atoms with van der Waals surface area (Å²) in [5, 5.41) is 0. The Labute approximate surface area is 68.6 Å². The zero-order valence-electron chi connectivity index (χ0n) is 7.30. The van der Waals surface area contributed by atoms with Gasteiger partial charge in [0, 0.05) is 14.2 Å². The molecule has 68 valence electrons. The van der Waals surface area contributed by atoms with Gasteiger partial charge in [0.2, 0.25) is 0 Å². The second-order valence-corrected chi connectivity index (χ2v) is 1.49. The number of rotatable bonds is 4. The Morgan fingerprint density at radius 2 is 1.27 bits per heavy atom. The van der Waals surface area contributed by atoms with Crippen molar-refractivity contribution in [2.24, 2.45) is 0 Å². The second-order valence-electron chi connectivity index (χ2n) is 1.49. The van der Waals surface area contributed by atoms with Gasteiger partial charge in [-0.1, -0.05) is 12.2 Å². The molecule has 0 fully saturated rings. The van der Waals surface area contributed by atoms with E-state index in [0.29, 0.717) is 13.2 Å². The minimum atomic E-state index is 0. The molecule has 0 atom stereocenters. The van der Waals surface area contributed by atoms with Gasteiger partial charge in [0.05, 0.1) is 13.2 Å². The van der Waals surface area contributed by atoms with Crippen molar-refractivity contribution in [3.05, 3.63) is 25.3 Å². The number of ether oxygens (including phenoxy) is 2. The van der Waals surface area contributed by atoms with Crippen molar-refractivity contribution in [3.63, 3.8) is 0 Å². The van der Waals surface area contributed by atoms with E-state index in [1.807, 2.05) is 0 Å². The summed E-state index contributed by atoms with van der Waals surface area (Å²) in [6.45, 7) is 8.16. The molecule has 0 spiro atoms. The van der Waals surface area contributed by atoms with Crippen LogP contribution in [0, 0.1) is 0 Å². The topological polar surface area (TPSA) is 50.0 Å². The molecule has 11 heavy (non-hydrogen) atoms. The molecule has 0 bridgehead atoms. The van der Waals surface area contributed by atoms with Gasteiger partial charge >= 0.3 is 0 Å². The van der Waals surface area contributed by atoms with Crippen molar-refractivity contribution < 1.29 is 14.9 Å². The maximum Gasteiger partial charge on any atom is 0.0641 e. The van der Waals surface area contributed by atoms with Gasteiger partial charge < -0.3 is 14.9 Å². The second kappa shape index (κ2) is 22.8. The highest BCUT2D eigenvalue weighted by molar-refractivity contribution is 4.62. The first-order valence-corrected chi connectivity index (χ1v) is 3.03. The van der Waals surface area contributed by atoms with Crippen LogP contribution in [0.5, 0.6) is 0 Å². The van der Waals surface area contributed by atoms with Gasteiger partial charge in [0.15, 0.2) is 0 Å². The monoisotopic (exact) mass is 162 g/mol. The van der Waals surface area contributed by atoms with Crippen LogP contribution in [0.2, 0.25) is 0 Å². The minimum Gasteiger partial charge on any atom is -0.412 e. The standard InChI is InChI=1S/2C4H8O.H2O/c2*1-3-4-5-2;/h2*3H,1,4H2,2H3;1H2. The van der Waals surface area contributed by atoms with Crippen LogP contribution in [-0.4, -0.2) is 32.9 Å². The predicted molar refractivity (Wildman–Crippen MR) is 47.8 cm³/mol. The van der Waals surface area contributed by atoms with Crippen LogP contribution in [0.15, 0.2) is 25.3 Å². The first-order valence-electron chi connectivity index (χ1n) is 3.03. The van der Waals surface area contributed by atoms with Crippen LogP contribution >= 0.6 is 0 Å². The normalized spacial score (nSPS) is 6.73. The van der Waals surface area contributed by atoms with E-state index in [4.69, 9.17) is 0 Å². The van der Waals surface area contributed by atoms with Crippen LogP contribution in [-0.2, 0) is 9.47 Å². The summed E-state index contributed by atoms with van der Waals surface area (Å²) in [6, 6.07) is 0. The van der Waals surface area contributed by atoms with Crippen molar-refractivity contribution in [2.45, 2.75) is 0 Å². The van der Waals surface area contributed by atoms with E-state index in [2.05, 4.69) is 22.6 Å². The molecule has 0 aromatic heterocycles. The lowest BCUT2D eigenvalue weighted by molar-refractivity contribution is 0.234. The summed E-state index contributed by atoms with van der Waals surface area (Å²) in [7, 11) is 3.28. The van der Waals surface area contributed by atoms with Crippen molar-refractivity contribution in [3.8, 4) is 0 Å². The molecule has 0 rings (SSSR count). The maximum atomic E-state index is 4.57. The van der Waals surface area contributed by atoms with E-state index in [1.165, 1.54) is 0 Å². The van der Waals surface area contributed by atoms with E-state index in [-0.39, 0.29) is 5.48 Å². The first-order chi connectivity index (χ1) is 4.83. The highest BCUT2D eigenvalue weighted by atomic mass is 16.5. The van der Waals surface area contributed by atoms with Gasteiger partial charge in [-0.05, 0) is 0 Å². The van der Waals surface area contributed by atoms with Crippen LogP contribution in [0.1, 0.15) is 0 Å². The van der Waals surface area contributed by atoms with E-state index < -0.39 is 0 Å². The molecule has 3 nitrogen and oxygen atoms in total. The molecule has 0 saturated heterocycles. The summed E-state index contributed by atoms with van der Waals surface area (Å²) in [4.78, 5) is 0. The average molecular weight is 162 g/mol. The molecule has 3 heteroatoms. The van der Waals surface area contributed by atoms with Gasteiger partial charge in [0.25, 0.3) is 0 Å². The molecule has 0 heterocycles. The molecular weight excluding hydrogens is 144 g/mol. The fourth-order valence-electron chi connectivity index (χ4n) is 0.236. The summed E-state index contributed by atoms with van der Waals surface area (Å²) >= 11 is 0. The zero-order valence-corrected chi connectivity index (χ0v) is 7.30. The summed E-state index contributed by atoms with van der Waals surface area (Å²) < 4.78 is 9.15. The zero-order chi connectivity index (χ0) is 8.24. The van der Waals surface area contributed by atoms with Crippen molar-refractivity contribution in [1.29, 1.82) is 0 Å². The minimum absolute atomic E-state index is 0. The third-order valence-corrected chi connectivity index (χ3v) is 0.569. The molecule has 0 aromatic carbocycles. The molecule has 2 N–H and O–H groups in total. The lowest BCUT2D eigenvalue weighted by atomic mass is 10.7. The molecule has 0 aliphatic heterocycles. The SMILES string of the molecule is C=CCOC.C=CCOC.O. The average Bonchev–Trinajstić information content (AvgIpc) is 1.93. The highest BCUT2D eigenvalue weighted by Crippen LogP contribution is 1.61. The smallest absolute Gasteiger partial charge is 0.0641 e.